The predicted octanol–water partition coefficient (Wildman–Crippen LogP) is 3.75. The fraction of sp³-hybridized carbons (Fsp3) is 0.667. The third kappa shape index (κ3) is 2.29. The lowest BCUT2D eigenvalue weighted by Gasteiger charge is -2.43. The molecule has 0 spiro atoms. The van der Waals surface area contributed by atoms with Crippen molar-refractivity contribution in [2.75, 3.05) is 13.1 Å². The zero-order valence-electron chi connectivity index (χ0n) is 12.9. The summed E-state index contributed by atoms with van der Waals surface area (Å²) in [6.45, 7) is 6.61. The summed E-state index contributed by atoms with van der Waals surface area (Å²) >= 11 is 0. The molecular weight excluding hydrogens is 246 g/mol. The van der Waals surface area contributed by atoms with E-state index < -0.39 is 0 Å². The Morgan fingerprint density at radius 2 is 1.65 bits per heavy atom. The van der Waals surface area contributed by atoms with E-state index in [-0.39, 0.29) is 11.6 Å². The quantitative estimate of drug-likeness (QED) is 0.906. The van der Waals surface area contributed by atoms with Crippen LogP contribution in [0.25, 0.3) is 0 Å². The van der Waals surface area contributed by atoms with Crippen molar-refractivity contribution < 1.29 is 5.11 Å². The van der Waals surface area contributed by atoms with Gasteiger partial charge in [0, 0.05) is 0 Å². The summed E-state index contributed by atoms with van der Waals surface area (Å²) in [5, 5.41) is 11.1. The first-order chi connectivity index (χ1) is 9.63. The minimum absolute atomic E-state index is 0.0121. The highest BCUT2D eigenvalue weighted by atomic mass is 16.3. The molecular formula is C18H27NO. The average molecular weight is 273 g/mol. The highest BCUT2D eigenvalue weighted by Gasteiger charge is 2.46. The maximum absolute atomic E-state index is 11.1. The van der Waals surface area contributed by atoms with E-state index in [0.717, 1.165) is 18.4 Å². The Hall–Kier alpha value is -0.860. The Balaban J connectivity index is 1.92. The van der Waals surface area contributed by atoms with Gasteiger partial charge in [0.15, 0.2) is 0 Å². The van der Waals surface area contributed by atoms with Crippen molar-refractivity contribution in [2.45, 2.75) is 64.0 Å². The lowest BCUT2D eigenvalue weighted by Crippen LogP contribution is -2.49. The zero-order chi connectivity index (χ0) is 14.2. The largest absolute Gasteiger partial charge is 0.386 e. The second-order valence-electron chi connectivity index (χ2n) is 6.75. The molecule has 1 unspecified atom stereocenters. The Bertz CT molecular complexity index is 470. The number of aliphatic hydroxyl groups is 1. The van der Waals surface area contributed by atoms with Gasteiger partial charge >= 0.3 is 0 Å². The van der Waals surface area contributed by atoms with Crippen LogP contribution >= 0.6 is 0 Å². The van der Waals surface area contributed by atoms with Gasteiger partial charge in [-0.15, -0.1) is 0 Å². The number of aryl methyl sites for hydroxylation is 2. The van der Waals surface area contributed by atoms with Crippen molar-refractivity contribution in [3.63, 3.8) is 0 Å². The molecule has 1 aliphatic carbocycles. The summed E-state index contributed by atoms with van der Waals surface area (Å²) < 4.78 is 0. The molecule has 0 aromatic heterocycles. The number of benzene rings is 1. The third-order valence-corrected chi connectivity index (χ3v) is 5.56. The summed E-state index contributed by atoms with van der Waals surface area (Å²) in [4.78, 5) is 2.58. The number of hydrogen-bond donors (Lipinski definition) is 1. The predicted molar refractivity (Wildman–Crippen MR) is 82.9 cm³/mol. The van der Waals surface area contributed by atoms with Crippen LogP contribution in [0.1, 0.15) is 61.3 Å². The molecule has 0 radical (unpaired) electrons. The Morgan fingerprint density at radius 1 is 1.00 bits per heavy atom. The normalized spacial score (nSPS) is 24.1. The number of likely N-dealkylation sites (tertiary alicyclic amines) is 1. The van der Waals surface area contributed by atoms with Crippen LogP contribution in [0.5, 0.6) is 0 Å². The molecule has 3 rings (SSSR count). The van der Waals surface area contributed by atoms with Gasteiger partial charge in [-0.05, 0) is 69.3 Å². The molecule has 0 bridgehead atoms. The van der Waals surface area contributed by atoms with Crippen molar-refractivity contribution in [3.8, 4) is 0 Å². The topological polar surface area (TPSA) is 23.5 Å². The van der Waals surface area contributed by atoms with Gasteiger partial charge < -0.3 is 5.11 Å². The van der Waals surface area contributed by atoms with Gasteiger partial charge in [0.05, 0.1) is 11.6 Å². The molecule has 1 atom stereocenters. The molecule has 1 heterocycles. The maximum Gasteiger partial charge on any atom is 0.0973 e. The highest BCUT2D eigenvalue weighted by molar-refractivity contribution is 5.33. The summed E-state index contributed by atoms with van der Waals surface area (Å²) in [7, 11) is 0. The minimum atomic E-state index is -0.331. The fourth-order valence-corrected chi connectivity index (χ4v) is 4.16. The van der Waals surface area contributed by atoms with Crippen molar-refractivity contribution in [1.29, 1.82) is 0 Å². The second kappa shape index (κ2) is 5.50. The first-order valence-corrected chi connectivity index (χ1v) is 8.14. The molecule has 2 fully saturated rings. The van der Waals surface area contributed by atoms with E-state index in [4.69, 9.17) is 0 Å². The summed E-state index contributed by atoms with van der Waals surface area (Å²) in [6, 6.07) is 6.47. The Labute approximate surface area is 122 Å². The monoisotopic (exact) mass is 273 g/mol. The lowest BCUT2D eigenvalue weighted by atomic mass is 9.83. The van der Waals surface area contributed by atoms with E-state index in [1.54, 1.807) is 0 Å². The van der Waals surface area contributed by atoms with Crippen LogP contribution in [0.15, 0.2) is 18.2 Å². The number of aliphatic hydroxyl groups excluding tert-OH is 1. The average Bonchev–Trinajstić information content (AvgIpc) is 3.12. The van der Waals surface area contributed by atoms with E-state index in [2.05, 4.69) is 36.9 Å². The van der Waals surface area contributed by atoms with Crippen LogP contribution < -0.4 is 0 Å². The Kier molecular flexibility index (Phi) is 3.87. The lowest BCUT2D eigenvalue weighted by molar-refractivity contribution is -0.0196. The zero-order valence-corrected chi connectivity index (χ0v) is 12.9. The number of hydrogen-bond acceptors (Lipinski definition) is 2. The van der Waals surface area contributed by atoms with E-state index >= 15 is 0 Å². The van der Waals surface area contributed by atoms with Gasteiger partial charge in [0.2, 0.25) is 0 Å². The van der Waals surface area contributed by atoms with Crippen molar-refractivity contribution in [1.82, 2.24) is 4.90 Å². The number of rotatable bonds is 3. The third-order valence-electron chi connectivity index (χ3n) is 5.56. The molecule has 1 saturated heterocycles. The molecule has 1 N–H and O–H groups in total. The standard InChI is InChI=1S/C18H27NO/c1-14-7-8-16(13-15(14)2)17(20)18(9-3-4-10-18)19-11-5-6-12-19/h7-8,13,17,20H,3-6,9-12H2,1-2H3. The van der Waals surface area contributed by atoms with E-state index in [1.807, 2.05) is 0 Å². The maximum atomic E-state index is 11.1. The van der Waals surface area contributed by atoms with Crippen LogP contribution in [-0.2, 0) is 0 Å². The van der Waals surface area contributed by atoms with Crippen molar-refractivity contribution in [3.05, 3.63) is 34.9 Å². The fourth-order valence-electron chi connectivity index (χ4n) is 4.16. The van der Waals surface area contributed by atoms with Gasteiger partial charge in [-0.3, -0.25) is 4.90 Å². The van der Waals surface area contributed by atoms with E-state index in [1.165, 1.54) is 49.9 Å². The van der Waals surface area contributed by atoms with Crippen LogP contribution in [0.3, 0.4) is 0 Å². The van der Waals surface area contributed by atoms with Crippen LogP contribution in [0, 0.1) is 13.8 Å². The van der Waals surface area contributed by atoms with Gasteiger partial charge in [-0.1, -0.05) is 31.0 Å². The Morgan fingerprint density at radius 3 is 2.25 bits per heavy atom. The van der Waals surface area contributed by atoms with Crippen LogP contribution in [0.2, 0.25) is 0 Å². The second-order valence-corrected chi connectivity index (χ2v) is 6.75. The molecule has 2 nitrogen and oxygen atoms in total. The molecule has 1 aromatic rings. The smallest absolute Gasteiger partial charge is 0.0973 e. The summed E-state index contributed by atoms with van der Waals surface area (Å²) in [5.74, 6) is 0. The first kappa shape index (κ1) is 14.1. The van der Waals surface area contributed by atoms with E-state index in [0.29, 0.717) is 0 Å². The first-order valence-electron chi connectivity index (χ1n) is 8.14. The van der Waals surface area contributed by atoms with Crippen LogP contribution in [0.4, 0.5) is 0 Å². The SMILES string of the molecule is Cc1ccc(C(O)C2(N3CCCC3)CCCC2)cc1C. The van der Waals surface area contributed by atoms with Gasteiger partial charge in [-0.2, -0.15) is 0 Å². The summed E-state index contributed by atoms with van der Waals surface area (Å²) in [5.41, 5.74) is 3.72. The number of nitrogens with zero attached hydrogens (tertiary/aromatic N) is 1. The molecule has 1 aliphatic heterocycles. The van der Waals surface area contributed by atoms with Crippen LogP contribution in [-0.4, -0.2) is 28.6 Å². The van der Waals surface area contributed by atoms with E-state index in [9.17, 15) is 5.11 Å². The summed E-state index contributed by atoms with van der Waals surface area (Å²) in [6.07, 6.45) is 7.09. The molecule has 1 saturated carbocycles. The highest BCUT2D eigenvalue weighted by Crippen LogP contribution is 2.46. The molecule has 110 valence electrons. The molecule has 1 aromatic carbocycles. The molecule has 0 amide bonds. The molecule has 2 heteroatoms. The molecule has 20 heavy (non-hydrogen) atoms. The van der Waals surface area contributed by atoms with Crippen molar-refractivity contribution in [2.24, 2.45) is 0 Å². The van der Waals surface area contributed by atoms with Crippen molar-refractivity contribution >= 4 is 0 Å². The van der Waals surface area contributed by atoms with Gasteiger partial charge in [0.25, 0.3) is 0 Å². The minimum Gasteiger partial charge on any atom is -0.386 e. The van der Waals surface area contributed by atoms with Gasteiger partial charge in [0.1, 0.15) is 0 Å². The molecule has 2 aliphatic rings. The van der Waals surface area contributed by atoms with Gasteiger partial charge in [-0.25, -0.2) is 0 Å².